The number of nitrogens with one attached hydrogen (secondary N) is 1. The maximum atomic E-state index is 12.6. The van der Waals surface area contributed by atoms with Crippen LogP contribution in [0.2, 0.25) is 0 Å². The predicted molar refractivity (Wildman–Crippen MR) is 66.1 cm³/mol. The van der Waals surface area contributed by atoms with E-state index in [0.29, 0.717) is 11.7 Å². The van der Waals surface area contributed by atoms with Crippen molar-refractivity contribution in [2.45, 2.75) is 18.0 Å². The first-order valence-corrected chi connectivity index (χ1v) is 6.64. The second-order valence-corrected chi connectivity index (χ2v) is 5.28. The third-order valence-corrected chi connectivity index (χ3v) is 4.04. The Balaban J connectivity index is 0.00000144. The van der Waals surface area contributed by atoms with Gasteiger partial charge in [0.25, 0.3) is 0 Å². The van der Waals surface area contributed by atoms with E-state index in [1.165, 1.54) is 0 Å². The van der Waals surface area contributed by atoms with Gasteiger partial charge in [0.05, 0.1) is 23.2 Å². The van der Waals surface area contributed by atoms with Crippen LogP contribution in [0, 0.1) is 11.7 Å². The van der Waals surface area contributed by atoms with Gasteiger partial charge in [0, 0.05) is 5.75 Å². The largest absolute Gasteiger partial charge is 0.317 e. The zero-order valence-corrected chi connectivity index (χ0v) is 10.9. The molecule has 1 aliphatic rings. The van der Waals surface area contributed by atoms with Crippen molar-refractivity contribution in [1.29, 1.82) is 0 Å². The third kappa shape index (κ3) is 4.29. The predicted octanol–water partition coefficient (Wildman–Crippen LogP) is 1.14. The Labute approximate surface area is 108 Å². The molecule has 0 spiro atoms. The Morgan fingerprint density at radius 1 is 1.35 bits per heavy atom. The molecule has 4 nitrogen and oxygen atoms in total. The van der Waals surface area contributed by atoms with Crippen LogP contribution in [0.1, 0.15) is 12.8 Å². The van der Waals surface area contributed by atoms with Crippen molar-refractivity contribution in [3.63, 3.8) is 0 Å². The molecule has 1 aromatic heterocycles. The third-order valence-electron chi connectivity index (χ3n) is 2.65. The molecule has 1 fully saturated rings. The second kappa shape index (κ2) is 6.98. The fourth-order valence-corrected chi connectivity index (χ4v) is 3.01. The molecule has 0 radical (unpaired) electrons. The molecule has 0 saturated carbocycles. The highest BCUT2D eigenvalue weighted by atomic mass is 35.5. The molecule has 1 N–H and O–H groups in total. The molecule has 2 rings (SSSR count). The normalized spacial score (nSPS) is 18.4. The first-order valence-electron chi connectivity index (χ1n) is 5.32. The molecule has 1 aliphatic heterocycles. The summed E-state index contributed by atoms with van der Waals surface area (Å²) >= 11 is 0. The van der Waals surface area contributed by atoms with Gasteiger partial charge in [0.15, 0.2) is 5.82 Å². The van der Waals surface area contributed by atoms with Crippen LogP contribution in [0.3, 0.4) is 0 Å². The molecule has 96 valence electrons. The molecule has 1 aromatic rings. The molecule has 0 bridgehead atoms. The molecule has 1 unspecified atom stereocenters. The van der Waals surface area contributed by atoms with Crippen molar-refractivity contribution >= 4 is 23.2 Å². The van der Waals surface area contributed by atoms with Gasteiger partial charge in [0.2, 0.25) is 5.16 Å². The Kier molecular flexibility index (Phi) is 5.94. The smallest absolute Gasteiger partial charge is 0.218 e. The van der Waals surface area contributed by atoms with E-state index in [0.717, 1.165) is 38.3 Å². The fraction of sp³-hybridized carbons (Fsp3) is 0.600. The van der Waals surface area contributed by atoms with Gasteiger partial charge in [-0.15, -0.1) is 12.4 Å². The van der Waals surface area contributed by atoms with Crippen LogP contribution in [0.4, 0.5) is 4.39 Å². The maximum Gasteiger partial charge on any atom is 0.218 e. The van der Waals surface area contributed by atoms with Crippen molar-refractivity contribution in [2.75, 3.05) is 18.8 Å². The van der Waals surface area contributed by atoms with Crippen molar-refractivity contribution < 1.29 is 8.60 Å². The van der Waals surface area contributed by atoms with Crippen LogP contribution >= 0.6 is 12.4 Å². The molecular weight excluding hydrogens is 265 g/mol. The second-order valence-electron chi connectivity index (χ2n) is 3.89. The van der Waals surface area contributed by atoms with Crippen molar-refractivity contribution in [3.05, 3.63) is 18.2 Å². The number of piperidine rings is 1. The van der Waals surface area contributed by atoms with Crippen LogP contribution in [0.15, 0.2) is 17.6 Å². The minimum Gasteiger partial charge on any atom is -0.317 e. The van der Waals surface area contributed by atoms with E-state index in [1.54, 1.807) is 0 Å². The molecule has 0 amide bonds. The Bertz CT molecular complexity index is 370. The SMILES string of the molecule is Cl.O=S(CC1CCNCC1)c1ncc(F)cn1. The van der Waals surface area contributed by atoms with Crippen LogP contribution in [0.25, 0.3) is 0 Å². The van der Waals surface area contributed by atoms with Crippen LogP contribution < -0.4 is 5.32 Å². The standard InChI is InChI=1S/C10H14FN3OS.ClH/c11-9-5-13-10(14-6-9)16(15)7-8-1-3-12-4-2-8;/h5-6,8,12H,1-4,7H2;1H. The van der Waals surface area contributed by atoms with E-state index in [-0.39, 0.29) is 17.6 Å². The highest BCUT2D eigenvalue weighted by molar-refractivity contribution is 7.84. The molecule has 7 heteroatoms. The van der Waals surface area contributed by atoms with Gasteiger partial charge in [-0.2, -0.15) is 0 Å². The first-order chi connectivity index (χ1) is 7.75. The van der Waals surface area contributed by atoms with Crippen LogP contribution in [-0.4, -0.2) is 33.0 Å². The van der Waals surface area contributed by atoms with Crippen LogP contribution in [-0.2, 0) is 10.8 Å². The average Bonchev–Trinajstić information content (AvgIpc) is 2.31. The maximum absolute atomic E-state index is 12.6. The van der Waals surface area contributed by atoms with Crippen molar-refractivity contribution in [1.82, 2.24) is 15.3 Å². The molecule has 0 aromatic carbocycles. The van der Waals surface area contributed by atoms with E-state index < -0.39 is 16.6 Å². The van der Waals surface area contributed by atoms with E-state index in [2.05, 4.69) is 15.3 Å². The number of hydrogen-bond acceptors (Lipinski definition) is 4. The summed E-state index contributed by atoms with van der Waals surface area (Å²) in [6, 6.07) is 0. The van der Waals surface area contributed by atoms with Gasteiger partial charge >= 0.3 is 0 Å². The summed E-state index contributed by atoms with van der Waals surface area (Å²) < 4.78 is 24.4. The quantitative estimate of drug-likeness (QED) is 0.843. The van der Waals surface area contributed by atoms with Gasteiger partial charge in [0.1, 0.15) is 0 Å². The first kappa shape index (κ1) is 14.5. The lowest BCUT2D eigenvalue weighted by molar-refractivity contribution is 0.405. The van der Waals surface area contributed by atoms with Crippen LogP contribution in [0.5, 0.6) is 0 Å². The summed E-state index contributed by atoms with van der Waals surface area (Å²) in [5.74, 6) is 0.534. The van der Waals surface area contributed by atoms with Crippen molar-refractivity contribution in [3.8, 4) is 0 Å². The zero-order valence-electron chi connectivity index (χ0n) is 9.26. The number of aromatic nitrogens is 2. The lowest BCUT2D eigenvalue weighted by Crippen LogP contribution is -2.30. The minimum atomic E-state index is -1.21. The lowest BCUT2D eigenvalue weighted by atomic mass is 10.0. The number of nitrogens with zero attached hydrogens (tertiary/aromatic N) is 2. The van der Waals surface area contributed by atoms with Crippen molar-refractivity contribution in [2.24, 2.45) is 5.92 Å². The molecule has 1 saturated heterocycles. The average molecular weight is 280 g/mol. The minimum absolute atomic E-state index is 0. The Hall–Kier alpha value is -0.590. The van der Waals surface area contributed by atoms with E-state index >= 15 is 0 Å². The van der Waals surface area contributed by atoms with Gasteiger partial charge in [-0.05, 0) is 31.8 Å². The highest BCUT2D eigenvalue weighted by Crippen LogP contribution is 2.14. The zero-order chi connectivity index (χ0) is 11.4. The molecule has 1 atom stereocenters. The topological polar surface area (TPSA) is 54.9 Å². The summed E-state index contributed by atoms with van der Waals surface area (Å²) in [7, 11) is -1.21. The number of halogens is 2. The molecule has 17 heavy (non-hydrogen) atoms. The summed E-state index contributed by atoms with van der Waals surface area (Å²) in [5, 5.41) is 3.49. The van der Waals surface area contributed by atoms with Gasteiger partial charge in [-0.1, -0.05) is 0 Å². The Morgan fingerprint density at radius 2 is 1.94 bits per heavy atom. The fourth-order valence-electron chi connectivity index (χ4n) is 1.75. The summed E-state index contributed by atoms with van der Waals surface area (Å²) in [5.41, 5.74) is 0. The monoisotopic (exact) mass is 279 g/mol. The molecule has 2 heterocycles. The number of rotatable bonds is 3. The molecular formula is C10H15ClFN3OS. The summed E-state index contributed by atoms with van der Waals surface area (Å²) in [6.45, 7) is 1.96. The number of hydrogen-bond donors (Lipinski definition) is 1. The molecule has 0 aliphatic carbocycles. The van der Waals surface area contributed by atoms with Gasteiger partial charge in [-0.3, -0.25) is 4.21 Å². The summed E-state index contributed by atoms with van der Waals surface area (Å²) in [4.78, 5) is 7.48. The van der Waals surface area contributed by atoms with E-state index in [4.69, 9.17) is 0 Å². The Morgan fingerprint density at radius 3 is 2.53 bits per heavy atom. The lowest BCUT2D eigenvalue weighted by Gasteiger charge is -2.21. The van der Waals surface area contributed by atoms with Gasteiger partial charge < -0.3 is 5.32 Å². The van der Waals surface area contributed by atoms with Gasteiger partial charge in [-0.25, -0.2) is 14.4 Å². The summed E-state index contributed by atoms with van der Waals surface area (Å²) in [6.07, 6.45) is 4.19. The van der Waals surface area contributed by atoms with E-state index in [9.17, 15) is 8.60 Å². The highest BCUT2D eigenvalue weighted by Gasteiger charge is 2.18. The van der Waals surface area contributed by atoms with E-state index in [1.807, 2.05) is 0 Å².